The Morgan fingerprint density at radius 1 is 0.969 bits per heavy atom. The lowest BCUT2D eigenvalue weighted by Crippen LogP contribution is -2.47. The van der Waals surface area contributed by atoms with Crippen molar-refractivity contribution >= 4 is 29.7 Å². The van der Waals surface area contributed by atoms with Crippen LogP contribution in [0.3, 0.4) is 0 Å². The summed E-state index contributed by atoms with van der Waals surface area (Å²) in [5.74, 6) is -2.27. The molecule has 32 heavy (non-hydrogen) atoms. The van der Waals surface area contributed by atoms with Crippen molar-refractivity contribution in [2.45, 2.75) is 5.92 Å². The van der Waals surface area contributed by atoms with Gasteiger partial charge in [0, 0.05) is 0 Å². The zero-order chi connectivity index (χ0) is 22.6. The van der Waals surface area contributed by atoms with Crippen molar-refractivity contribution in [1.29, 1.82) is 0 Å². The summed E-state index contributed by atoms with van der Waals surface area (Å²) in [6.07, 6.45) is 1.16. The summed E-state index contributed by atoms with van der Waals surface area (Å²) in [7, 11) is 2.94. The quantitative estimate of drug-likeness (QED) is 0.475. The number of hydrogen-bond donors (Lipinski definition) is 4. The molecule has 2 aromatic rings. The Morgan fingerprint density at radius 3 is 2.50 bits per heavy atom. The van der Waals surface area contributed by atoms with Crippen LogP contribution in [0.5, 0.6) is 11.5 Å². The number of amidine groups is 1. The molecule has 1 aromatic heterocycles. The van der Waals surface area contributed by atoms with Crippen LogP contribution in [-0.4, -0.2) is 48.1 Å². The second-order valence-corrected chi connectivity index (χ2v) is 7.17. The van der Waals surface area contributed by atoms with Gasteiger partial charge in [-0.05, 0) is 17.7 Å². The zero-order valence-electron chi connectivity index (χ0n) is 16.8. The van der Waals surface area contributed by atoms with Crippen LogP contribution in [0.2, 0.25) is 0 Å². The molecule has 5 rings (SSSR count). The highest BCUT2D eigenvalue weighted by Crippen LogP contribution is 2.44. The van der Waals surface area contributed by atoms with E-state index >= 15 is 0 Å². The number of carbonyl (C=O) groups is 2. The molecule has 3 aliphatic rings. The summed E-state index contributed by atoms with van der Waals surface area (Å²) in [4.78, 5) is 63.7. The van der Waals surface area contributed by atoms with Crippen LogP contribution < -0.4 is 31.4 Å². The Bertz CT molecular complexity index is 1400. The van der Waals surface area contributed by atoms with Crippen LogP contribution in [0, 0.1) is 5.92 Å². The van der Waals surface area contributed by atoms with Gasteiger partial charge in [-0.15, -0.1) is 0 Å². The number of H-pyrrole nitrogens is 2. The number of rotatable bonds is 3. The maximum Gasteiger partial charge on any atom is 0.327 e. The van der Waals surface area contributed by atoms with Crippen molar-refractivity contribution in [3.05, 3.63) is 61.6 Å². The van der Waals surface area contributed by atoms with Crippen LogP contribution in [0.1, 0.15) is 17.0 Å². The average Bonchev–Trinajstić information content (AvgIpc) is 2.77. The summed E-state index contributed by atoms with van der Waals surface area (Å²) >= 11 is 0. The van der Waals surface area contributed by atoms with Crippen molar-refractivity contribution in [2.75, 3.05) is 19.5 Å². The lowest BCUT2D eigenvalue weighted by Gasteiger charge is -2.33. The molecular weight excluding hydrogens is 420 g/mol. The molecule has 0 saturated heterocycles. The number of Topliss-reactive ketones (excluding diaryl/α,β-unsaturated/α-hetero) is 1. The van der Waals surface area contributed by atoms with E-state index in [0.29, 0.717) is 17.1 Å². The van der Waals surface area contributed by atoms with Crippen molar-refractivity contribution < 1.29 is 19.1 Å². The Balaban J connectivity index is 1.79. The van der Waals surface area contributed by atoms with Gasteiger partial charge in [-0.25, -0.2) is 14.8 Å². The highest BCUT2D eigenvalue weighted by Gasteiger charge is 2.46. The van der Waals surface area contributed by atoms with E-state index in [2.05, 4.69) is 30.6 Å². The molecule has 0 bridgehead atoms. The standard InChI is InChI=1S/C20H16N6O6/c1-31-8-4-3-7(5-9(8)32-2)10-11-14(27)13-15(21-6-22-18(13)28)23-16(11)24-17-12(10)19(29)26-20(30)25-17/h3-6,10,13H,1-2H3,(H,21,22,23,28)(H3,24,25,26,29,30). The van der Waals surface area contributed by atoms with E-state index in [1.165, 1.54) is 14.2 Å². The van der Waals surface area contributed by atoms with E-state index in [1.807, 2.05) is 0 Å². The lowest BCUT2D eigenvalue weighted by atomic mass is 9.77. The first-order valence-corrected chi connectivity index (χ1v) is 9.48. The number of aromatic nitrogens is 2. The molecule has 2 unspecified atom stereocenters. The largest absolute Gasteiger partial charge is 0.493 e. The van der Waals surface area contributed by atoms with Crippen molar-refractivity contribution in [3.8, 4) is 11.5 Å². The Labute approximate surface area is 179 Å². The van der Waals surface area contributed by atoms with E-state index in [0.717, 1.165) is 6.34 Å². The molecule has 0 aliphatic carbocycles. The second kappa shape index (κ2) is 7.04. The molecular formula is C20H16N6O6. The summed E-state index contributed by atoms with van der Waals surface area (Å²) in [6, 6.07) is 4.93. The van der Waals surface area contributed by atoms with Crippen molar-refractivity contribution in [2.24, 2.45) is 15.9 Å². The third-order valence-electron chi connectivity index (χ3n) is 5.47. The number of nitrogens with one attached hydrogen (secondary N) is 4. The van der Waals surface area contributed by atoms with E-state index < -0.39 is 34.8 Å². The number of aromatic amines is 2. The molecule has 162 valence electrons. The highest BCUT2D eigenvalue weighted by molar-refractivity contribution is 6.30. The predicted octanol–water partition coefficient (Wildman–Crippen LogP) is -0.395. The first-order valence-electron chi connectivity index (χ1n) is 9.48. The van der Waals surface area contributed by atoms with E-state index in [1.54, 1.807) is 18.2 Å². The number of hydrogen-bond acceptors (Lipinski definition) is 9. The van der Waals surface area contributed by atoms with Gasteiger partial charge < -0.3 is 20.1 Å². The number of allylic oxidation sites excluding steroid dienone is 1. The zero-order valence-corrected chi connectivity index (χ0v) is 16.8. The average molecular weight is 436 g/mol. The van der Waals surface area contributed by atoms with Crippen LogP contribution in [-0.2, 0) is 9.59 Å². The van der Waals surface area contributed by atoms with Gasteiger partial charge in [-0.1, -0.05) is 6.07 Å². The molecule has 0 fully saturated rings. The third kappa shape index (κ3) is 2.76. The van der Waals surface area contributed by atoms with Gasteiger partial charge >= 0.3 is 5.69 Å². The Morgan fingerprint density at radius 2 is 1.75 bits per heavy atom. The number of amides is 1. The van der Waals surface area contributed by atoms with Crippen LogP contribution in [0.25, 0.3) is 0 Å². The number of nitrogens with zero attached hydrogens (tertiary/aromatic N) is 2. The van der Waals surface area contributed by atoms with Gasteiger partial charge in [0.05, 0.1) is 37.6 Å². The van der Waals surface area contributed by atoms with E-state index in [9.17, 15) is 19.2 Å². The number of carbonyl (C=O) groups excluding carboxylic acids is 2. The summed E-state index contributed by atoms with van der Waals surface area (Å²) in [5, 5.41) is 5.25. The van der Waals surface area contributed by atoms with Gasteiger partial charge in [0.1, 0.15) is 11.6 Å². The molecule has 12 nitrogen and oxygen atoms in total. The maximum absolute atomic E-state index is 13.5. The highest BCUT2D eigenvalue weighted by atomic mass is 16.5. The fourth-order valence-electron chi connectivity index (χ4n) is 4.09. The monoisotopic (exact) mass is 436 g/mol. The summed E-state index contributed by atoms with van der Waals surface area (Å²) in [5.41, 5.74) is -0.705. The second-order valence-electron chi connectivity index (χ2n) is 7.17. The van der Waals surface area contributed by atoms with Crippen molar-refractivity contribution in [3.63, 3.8) is 0 Å². The minimum Gasteiger partial charge on any atom is -0.493 e. The van der Waals surface area contributed by atoms with Crippen LogP contribution >= 0.6 is 0 Å². The molecule has 3 aliphatic heterocycles. The topological polar surface area (TPSA) is 167 Å². The Kier molecular flexibility index (Phi) is 4.29. The number of fused-ring (bicyclic) bond motifs is 2. The van der Waals surface area contributed by atoms with Gasteiger partial charge in [-0.2, -0.15) is 0 Å². The normalized spacial score (nSPS) is 21.0. The summed E-state index contributed by atoms with van der Waals surface area (Å²) in [6.45, 7) is 0. The number of ether oxygens (including phenoxy) is 2. The number of anilines is 1. The lowest BCUT2D eigenvalue weighted by molar-refractivity contribution is -0.128. The molecule has 0 spiro atoms. The van der Waals surface area contributed by atoms with E-state index in [4.69, 9.17) is 9.47 Å². The maximum atomic E-state index is 13.5. The first-order chi connectivity index (χ1) is 15.4. The minimum absolute atomic E-state index is 0.0201. The predicted molar refractivity (Wildman–Crippen MR) is 112 cm³/mol. The molecule has 12 heteroatoms. The SMILES string of the molecule is COc1ccc(C2C3=C(N=C4N=CNC(=O)C4C3=O)Nc3[nH]c(=O)[nH]c(=O)c32)cc1OC. The molecule has 0 radical (unpaired) electrons. The fraction of sp³-hybridized carbons (Fsp3) is 0.200. The molecule has 2 atom stereocenters. The van der Waals surface area contributed by atoms with Gasteiger partial charge in [0.25, 0.3) is 5.56 Å². The smallest absolute Gasteiger partial charge is 0.327 e. The molecule has 1 aromatic carbocycles. The number of methoxy groups -OCH3 is 2. The third-order valence-corrected chi connectivity index (χ3v) is 5.47. The molecule has 1 amide bonds. The first kappa shape index (κ1) is 19.5. The Hall–Kier alpha value is -4.48. The van der Waals surface area contributed by atoms with Crippen LogP contribution in [0.15, 0.2) is 49.2 Å². The van der Waals surface area contributed by atoms with Gasteiger partial charge in [-0.3, -0.25) is 24.4 Å². The minimum atomic E-state index is -1.24. The van der Waals surface area contributed by atoms with Gasteiger partial charge in [0.2, 0.25) is 5.91 Å². The number of ketones is 1. The van der Waals surface area contributed by atoms with Crippen molar-refractivity contribution in [1.82, 2.24) is 15.3 Å². The molecule has 0 saturated carbocycles. The van der Waals surface area contributed by atoms with E-state index in [-0.39, 0.29) is 28.6 Å². The molecule has 4 N–H and O–H groups in total. The number of aliphatic imine (C=N–C) groups is 2. The number of benzene rings is 1. The van der Waals surface area contributed by atoms with Gasteiger partial charge in [0.15, 0.2) is 29.0 Å². The summed E-state index contributed by atoms with van der Waals surface area (Å²) < 4.78 is 10.7. The molecule has 4 heterocycles. The van der Waals surface area contributed by atoms with Crippen LogP contribution in [0.4, 0.5) is 5.82 Å². The fourth-order valence-corrected chi connectivity index (χ4v) is 4.09.